The molecular weight excluding hydrogens is 259 g/mol. The van der Waals surface area contributed by atoms with Crippen molar-refractivity contribution >= 4 is 0 Å². The zero-order chi connectivity index (χ0) is 11.4. The van der Waals surface area contributed by atoms with E-state index >= 15 is 0 Å². The minimum atomic E-state index is 0. The maximum absolute atomic E-state index is 3.88. The Bertz CT molecular complexity index is 185. The van der Waals surface area contributed by atoms with Gasteiger partial charge in [-0.15, -0.1) is 5.56 Å². The summed E-state index contributed by atoms with van der Waals surface area (Å²) in [7, 11) is 0. The Kier molecular flexibility index (Phi) is 22.9. The maximum atomic E-state index is 3.88. The summed E-state index contributed by atoms with van der Waals surface area (Å²) in [5.41, 5.74) is 1.27. The summed E-state index contributed by atoms with van der Waals surface area (Å²) in [6.07, 6.45) is 6.59. The third-order valence-corrected chi connectivity index (χ3v) is 1.31. The van der Waals surface area contributed by atoms with Gasteiger partial charge in [0.25, 0.3) is 0 Å². The Balaban J connectivity index is -0.000000209. The van der Waals surface area contributed by atoms with Crippen LogP contribution in [-0.4, -0.2) is 4.98 Å². The fraction of sp³-hybridized carbons (Fsp3) is 0.538. The summed E-state index contributed by atoms with van der Waals surface area (Å²) >= 11 is 0. The first-order valence-corrected chi connectivity index (χ1v) is 5.28. The zero-order valence-electron chi connectivity index (χ0n) is 10.9. The van der Waals surface area contributed by atoms with Gasteiger partial charge < -0.3 is 11.4 Å². The van der Waals surface area contributed by atoms with Crippen LogP contribution in [0.25, 0.3) is 0 Å². The van der Waals surface area contributed by atoms with Crippen molar-refractivity contribution in [1.29, 1.82) is 0 Å². The largest absolute Gasteiger partial charge is 0.394 e. The standard InChI is InChI=1S/C8H10N.C3H7.C2H6.Y/c1-7(2)8-4-3-5-9-6-8;1-3-2;1-2;/h3-4,6-7H,1-2H3;3H,1-2H3;1-2H3;/q2*-1;;. The van der Waals surface area contributed by atoms with Gasteiger partial charge in [-0.2, -0.15) is 26.0 Å². The molecule has 0 bridgehead atoms. The van der Waals surface area contributed by atoms with Gasteiger partial charge in [0.15, 0.2) is 0 Å². The average Bonchev–Trinajstić information content (AvgIpc) is 2.23. The molecule has 0 amide bonds. The van der Waals surface area contributed by atoms with Crippen molar-refractivity contribution in [1.82, 2.24) is 4.98 Å². The van der Waals surface area contributed by atoms with Crippen LogP contribution in [0.2, 0.25) is 0 Å². The molecule has 1 radical (unpaired) electrons. The molecule has 0 spiro atoms. The van der Waals surface area contributed by atoms with Crippen molar-refractivity contribution in [3.05, 3.63) is 36.5 Å². The van der Waals surface area contributed by atoms with Crippen LogP contribution in [0.4, 0.5) is 0 Å². The second kappa shape index (κ2) is 16.7. The van der Waals surface area contributed by atoms with E-state index in [4.69, 9.17) is 0 Å². The van der Waals surface area contributed by atoms with E-state index in [1.54, 1.807) is 0 Å². The number of hydrogen-bond donors (Lipinski definition) is 0. The van der Waals surface area contributed by atoms with Crippen LogP contribution in [0.3, 0.4) is 0 Å². The first-order chi connectivity index (χ1) is 6.72. The first kappa shape index (κ1) is 20.6. The van der Waals surface area contributed by atoms with Gasteiger partial charge in [0.05, 0.1) is 0 Å². The van der Waals surface area contributed by atoms with Gasteiger partial charge in [-0.1, -0.05) is 40.1 Å². The number of hydrogen-bond acceptors (Lipinski definition) is 1. The maximum Gasteiger partial charge on any atom is 0 e. The topological polar surface area (TPSA) is 12.9 Å². The molecule has 1 aromatic heterocycles. The Hall–Kier alpha value is 0.254. The molecule has 0 unspecified atom stereocenters. The summed E-state index contributed by atoms with van der Waals surface area (Å²) in [5, 5.41) is 0. The van der Waals surface area contributed by atoms with Crippen molar-refractivity contribution in [2.24, 2.45) is 0 Å². The predicted octanol–water partition coefficient (Wildman–Crippen LogP) is 4.26. The van der Waals surface area contributed by atoms with Crippen LogP contribution >= 0.6 is 0 Å². The van der Waals surface area contributed by atoms with E-state index in [0.29, 0.717) is 5.92 Å². The molecule has 0 aliphatic carbocycles. The Morgan fingerprint density at radius 1 is 1.27 bits per heavy atom. The summed E-state index contributed by atoms with van der Waals surface area (Å²) in [6.45, 7) is 12.3. The second-order valence-corrected chi connectivity index (χ2v) is 2.95. The van der Waals surface area contributed by atoms with Gasteiger partial charge in [0.1, 0.15) is 0 Å². The van der Waals surface area contributed by atoms with E-state index in [0.717, 1.165) is 0 Å². The normalized spacial score (nSPS) is 7.67. The number of rotatable bonds is 1. The molecule has 0 N–H and O–H groups in total. The van der Waals surface area contributed by atoms with Crippen LogP contribution < -0.4 is 0 Å². The van der Waals surface area contributed by atoms with Gasteiger partial charge in [-0.3, -0.25) is 0 Å². The quantitative estimate of drug-likeness (QED) is 0.701. The van der Waals surface area contributed by atoms with E-state index in [9.17, 15) is 0 Å². The number of nitrogens with zero attached hydrogens (tertiary/aromatic N) is 1. The molecule has 1 heterocycles. The van der Waals surface area contributed by atoms with E-state index in [2.05, 4.69) is 25.0 Å². The van der Waals surface area contributed by atoms with Gasteiger partial charge >= 0.3 is 0 Å². The monoisotopic (exact) mass is 282 g/mol. The van der Waals surface area contributed by atoms with E-state index in [-0.39, 0.29) is 32.7 Å². The van der Waals surface area contributed by atoms with Crippen molar-refractivity contribution in [3.63, 3.8) is 0 Å². The average molecular weight is 282 g/mol. The van der Waals surface area contributed by atoms with Crippen molar-refractivity contribution in [3.8, 4) is 0 Å². The fourth-order valence-electron chi connectivity index (χ4n) is 0.673. The zero-order valence-corrected chi connectivity index (χ0v) is 13.7. The molecule has 0 aromatic carbocycles. The molecule has 0 aliphatic heterocycles. The van der Waals surface area contributed by atoms with E-state index in [1.165, 1.54) is 5.56 Å². The molecule has 0 aliphatic rings. The smallest absolute Gasteiger partial charge is 0 e. The van der Waals surface area contributed by atoms with Crippen LogP contribution in [0, 0.1) is 12.6 Å². The minimum absolute atomic E-state index is 0. The third kappa shape index (κ3) is 14.3. The third-order valence-electron chi connectivity index (χ3n) is 1.31. The molecule has 0 saturated carbocycles. The van der Waals surface area contributed by atoms with Gasteiger partial charge in [0.2, 0.25) is 0 Å². The molecule has 15 heavy (non-hydrogen) atoms. The molecule has 85 valence electrons. The minimum Gasteiger partial charge on any atom is -0.394 e. The molecule has 1 nitrogen and oxygen atoms in total. The van der Waals surface area contributed by atoms with E-state index in [1.807, 2.05) is 52.4 Å². The summed E-state index contributed by atoms with van der Waals surface area (Å²) in [6, 6.07) is 3.88. The second-order valence-electron chi connectivity index (χ2n) is 2.95. The SMILES string of the molecule is CC.CC(C)c1cc[c-]nc1.C[CH-]C.[Y]. The molecule has 0 atom stereocenters. The van der Waals surface area contributed by atoms with E-state index < -0.39 is 0 Å². The first-order valence-electron chi connectivity index (χ1n) is 5.28. The predicted molar refractivity (Wildman–Crippen MR) is 64.2 cm³/mol. The molecule has 1 rings (SSSR count). The van der Waals surface area contributed by atoms with Gasteiger partial charge in [-0.25, -0.2) is 0 Å². The van der Waals surface area contributed by atoms with Gasteiger partial charge in [-0.05, 0) is 5.92 Å². The summed E-state index contributed by atoms with van der Waals surface area (Å²) < 4.78 is 0. The van der Waals surface area contributed by atoms with Crippen molar-refractivity contribution < 1.29 is 32.7 Å². The Labute approximate surface area is 121 Å². The summed E-state index contributed by atoms with van der Waals surface area (Å²) in [4.78, 5) is 3.88. The van der Waals surface area contributed by atoms with Crippen LogP contribution in [0.5, 0.6) is 0 Å². The van der Waals surface area contributed by atoms with Crippen molar-refractivity contribution in [2.45, 2.75) is 47.5 Å². The summed E-state index contributed by atoms with van der Waals surface area (Å²) in [5.74, 6) is 0.576. The van der Waals surface area contributed by atoms with Crippen LogP contribution in [-0.2, 0) is 32.7 Å². The molecule has 0 fully saturated rings. The molecule has 2 heteroatoms. The van der Waals surface area contributed by atoms with Gasteiger partial charge in [0, 0.05) is 32.7 Å². The Morgan fingerprint density at radius 3 is 1.93 bits per heavy atom. The number of pyridine rings is 1. The molecular formula is C13H23NY-2. The van der Waals surface area contributed by atoms with Crippen LogP contribution in [0.1, 0.15) is 53.0 Å². The molecule has 0 saturated heterocycles. The fourth-order valence-corrected chi connectivity index (χ4v) is 0.673. The van der Waals surface area contributed by atoms with Crippen molar-refractivity contribution in [2.75, 3.05) is 0 Å². The Morgan fingerprint density at radius 2 is 1.73 bits per heavy atom. The number of aromatic nitrogens is 1. The molecule has 1 aromatic rings. The van der Waals surface area contributed by atoms with Crippen LogP contribution in [0.15, 0.2) is 18.3 Å².